The largest absolute Gasteiger partial charge is 0.250 e. The van der Waals surface area contributed by atoms with E-state index in [0.29, 0.717) is 0 Å². The van der Waals surface area contributed by atoms with Gasteiger partial charge in [-0.2, -0.15) is 0 Å². The summed E-state index contributed by atoms with van der Waals surface area (Å²) >= 11 is 1.76. The molecule has 1 heterocycles. The van der Waals surface area contributed by atoms with Crippen LogP contribution >= 0.6 is 11.3 Å². The van der Waals surface area contributed by atoms with E-state index < -0.39 is 0 Å². The summed E-state index contributed by atoms with van der Waals surface area (Å²) in [6, 6.07) is 8.76. The van der Waals surface area contributed by atoms with E-state index in [0.717, 1.165) is 0 Å². The molecule has 19 heavy (non-hydrogen) atoms. The molecule has 0 aliphatic carbocycles. The van der Waals surface area contributed by atoms with Gasteiger partial charge in [0.2, 0.25) is 0 Å². The molecule has 0 radical (unpaired) electrons. The first-order valence-electron chi connectivity index (χ1n) is 7.11. The van der Waals surface area contributed by atoms with Crippen LogP contribution in [0.1, 0.15) is 48.4 Å². The van der Waals surface area contributed by atoms with Gasteiger partial charge in [-0.3, -0.25) is 0 Å². The number of benzene rings is 1. The number of rotatable bonds is 4. The summed E-state index contributed by atoms with van der Waals surface area (Å²) in [5.74, 6) is 0. The van der Waals surface area contributed by atoms with Gasteiger partial charge in [-0.15, -0.1) is 11.3 Å². The van der Waals surface area contributed by atoms with E-state index in [1.807, 2.05) is 5.51 Å². The summed E-state index contributed by atoms with van der Waals surface area (Å²) in [5.41, 5.74) is 5.93. The molecule has 0 saturated carbocycles. The normalized spacial score (nSPS) is 9.89. The van der Waals surface area contributed by atoms with Crippen molar-refractivity contribution in [3.8, 4) is 0 Å². The molecule has 0 spiro atoms. The van der Waals surface area contributed by atoms with Crippen molar-refractivity contribution in [1.82, 2.24) is 4.98 Å². The Labute approximate surface area is 121 Å². The minimum absolute atomic E-state index is 1.19. The summed E-state index contributed by atoms with van der Waals surface area (Å²) in [6.45, 7) is 8.59. The SMILES string of the molecule is CCCc1ccc(C)cc1.CCCc1scnc1C. The molecular formula is C17H25NS. The first-order valence-corrected chi connectivity index (χ1v) is 7.99. The van der Waals surface area contributed by atoms with Crippen molar-refractivity contribution >= 4 is 11.3 Å². The Morgan fingerprint density at radius 2 is 1.58 bits per heavy atom. The minimum Gasteiger partial charge on any atom is -0.250 e. The Morgan fingerprint density at radius 3 is 2.05 bits per heavy atom. The van der Waals surface area contributed by atoms with Gasteiger partial charge >= 0.3 is 0 Å². The van der Waals surface area contributed by atoms with Crippen LogP contribution in [-0.4, -0.2) is 4.98 Å². The molecule has 0 atom stereocenters. The molecule has 1 aromatic carbocycles. The number of hydrogen-bond donors (Lipinski definition) is 0. The third-order valence-corrected chi connectivity index (χ3v) is 3.98. The van der Waals surface area contributed by atoms with Crippen LogP contribution in [-0.2, 0) is 12.8 Å². The van der Waals surface area contributed by atoms with Gasteiger partial charge in [0.25, 0.3) is 0 Å². The van der Waals surface area contributed by atoms with Crippen LogP contribution in [0.4, 0.5) is 0 Å². The smallest absolute Gasteiger partial charge is 0.0797 e. The van der Waals surface area contributed by atoms with E-state index >= 15 is 0 Å². The van der Waals surface area contributed by atoms with Crippen molar-refractivity contribution in [2.75, 3.05) is 0 Å². The number of hydrogen-bond acceptors (Lipinski definition) is 2. The van der Waals surface area contributed by atoms with Crippen molar-refractivity contribution in [1.29, 1.82) is 0 Å². The lowest BCUT2D eigenvalue weighted by molar-refractivity contribution is 0.921. The molecule has 0 unspecified atom stereocenters. The fourth-order valence-corrected chi connectivity index (χ4v) is 2.72. The van der Waals surface area contributed by atoms with E-state index in [-0.39, 0.29) is 0 Å². The molecule has 104 valence electrons. The molecule has 2 heteroatoms. The molecule has 1 aromatic heterocycles. The van der Waals surface area contributed by atoms with Crippen molar-refractivity contribution in [2.24, 2.45) is 0 Å². The Bertz CT molecular complexity index is 456. The molecule has 0 saturated heterocycles. The van der Waals surface area contributed by atoms with Crippen LogP contribution in [0.5, 0.6) is 0 Å². The average molecular weight is 275 g/mol. The van der Waals surface area contributed by atoms with Crippen LogP contribution in [0.25, 0.3) is 0 Å². The molecule has 0 amide bonds. The minimum atomic E-state index is 1.19. The highest BCUT2D eigenvalue weighted by molar-refractivity contribution is 7.09. The van der Waals surface area contributed by atoms with Crippen molar-refractivity contribution in [3.05, 3.63) is 51.5 Å². The van der Waals surface area contributed by atoms with Gasteiger partial charge < -0.3 is 0 Å². The molecule has 2 rings (SSSR count). The van der Waals surface area contributed by atoms with Crippen molar-refractivity contribution in [2.45, 2.75) is 53.4 Å². The zero-order valence-electron chi connectivity index (χ0n) is 12.6. The highest BCUT2D eigenvalue weighted by Crippen LogP contribution is 2.13. The molecule has 0 N–H and O–H groups in total. The third kappa shape index (κ3) is 6.02. The molecule has 1 nitrogen and oxygen atoms in total. The standard InChI is InChI=1S/C10H14.C7H11NS/c1-3-4-10-7-5-9(2)6-8-10;1-3-4-7-6(2)8-5-9-7/h5-8H,3-4H2,1-2H3;5H,3-4H2,1-2H3. The molecule has 0 fully saturated rings. The summed E-state index contributed by atoms with van der Waals surface area (Å²) in [6.07, 6.45) is 4.86. The fraction of sp³-hybridized carbons (Fsp3) is 0.471. The number of aromatic nitrogens is 1. The topological polar surface area (TPSA) is 12.9 Å². The number of nitrogens with zero attached hydrogens (tertiary/aromatic N) is 1. The summed E-state index contributed by atoms with van der Waals surface area (Å²) < 4.78 is 0. The molecule has 0 bridgehead atoms. The second-order valence-electron chi connectivity index (χ2n) is 4.85. The maximum atomic E-state index is 4.15. The monoisotopic (exact) mass is 275 g/mol. The zero-order valence-corrected chi connectivity index (χ0v) is 13.4. The highest BCUT2D eigenvalue weighted by atomic mass is 32.1. The van der Waals surface area contributed by atoms with Crippen LogP contribution in [0, 0.1) is 13.8 Å². The Balaban J connectivity index is 0.000000191. The maximum absolute atomic E-state index is 4.15. The quantitative estimate of drug-likeness (QED) is 0.732. The third-order valence-electron chi connectivity index (χ3n) is 2.98. The summed E-state index contributed by atoms with van der Waals surface area (Å²) in [4.78, 5) is 5.60. The van der Waals surface area contributed by atoms with Gasteiger partial charge in [-0.25, -0.2) is 4.98 Å². The first kappa shape index (κ1) is 15.9. The van der Waals surface area contributed by atoms with Gasteiger partial charge in [0, 0.05) is 4.88 Å². The highest BCUT2D eigenvalue weighted by Gasteiger charge is 1.97. The lowest BCUT2D eigenvalue weighted by Crippen LogP contribution is -1.81. The van der Waals surface area contributed by atoms with E-state index in [1.165, 1.54) is 47.4 Å². The van der Waals surface area contributed by atoms with Crippen LogP contribution < -0.4 is 0 Å². The number of thiazole rings is 1. The van der Waals surface area contributed by atoms with Gasteiger partial charge in [-0.05, 0) is 32.3 Å². The van der Waals surface area contributed by atoms with Gasteiger partial charge in [0.1, 0.15) is 0 Å². The molecular weight excluding hydrogens is 250 g/mol. The van der Waals surface area contributed by atoms with Crippen LogP contribution in [0.15, 0.2) is 29.8 Å². The predicted octanol–water partition coefficient (Wildman–Crippen LogP) is 5.35. The fourth-order valence-electron chi connectivity index (χ4n) is 1.84. The van der Waals surface area contributed by atoms with E-state index in [1.54, 1.807) is 11.3 Å². The van der Waals surface area contributed by atoms with Gasteiger partial charge in [0.15, 0.2) is 0 Å². The molecule has 2 aromatic rings. The van der Waals surface area contributed by atoms with Crippen LogP contribution in [0.3, 0.4) is 0 Å². The first-order chi connectivity index (χ1) is 9.17. The summed E-state index contributed by atoms with van der Waals surface area (Å²) in [5, 5.41) is 0. The molecule has 0 aliphatic heterocycles. The Morgan fingerprint density at radius 1 is 0.947 bits per heavy atom. The second kappa shape index (κ2) is 8.87. The molecule has 0 aliphatic rings. The number of aryl methyl sites for hydroxylation is 4. The van der Waals surface area contributed by atoms with E-state index in [9.17, 15) is 0 Å². The van der Waals surface area contributed by atoms with Crippen LogP contribution in [0.2, 0.25) is 0 Å². The second-order valence-corrected chi connectivity index (χ2v) is 5.79. The van der Waals surface area contributed by atoms with Crippen molar-refractivity contribution in [3.63, 3.8) is 0 Å². The zero-order chi connectivity index (χ0) is 14.1. The lowest BCUT2D eigenvalue weighted by atomic mass is 10.1. The van der Waals surface area contributed by atoms with Gasteiger partial charge in [0.05, 0.1) is 11.2 Å². The van der Waals surface area contributed by atoms with E-state index in [4.69, 9.17) is 0 Å². The Kier molecular flexibility index (Phi) is 7.42. The van der Waals surface area contributed by atoms with Crippen molar-refractivity contribution < 1.29 is 0 Å². The van der Waals surface area contributed by atoms with Gasteiger partial charge in [-0.1, -0.05) is 56.5 Å². The van der Waals surface area contributed by atoms with E-state index in [2.05, 4.69) is 56.9 Å². The lowest BCUT2D eigenvalue weighted by Gasteiger charge is -1.97. The maximum Gasteiger partial charge on any atom is 0.0797 e. The summed E-state index contributed by atoms with van der Waals surface area (Å²) in [7, 11) is 0. The average Bonchev–Trinajstić information content (AvgIpc) is 2.80. The predicted molar refractivity (Wildman–Crippen MR) is 86.0 cm³/mol. The Hall–Kier alpha value is -1.15.